The molecule has 1 saturated carbocycles. The van der Waals surface area contributed by atoms with E-state index >= 15 is 0 Å². The first-order valence-corrected chi connectivity index (χ1v) is 4.31. The van der Waals surface area contributed by atoms with Crippen LogP contribution < -0.4 is 0 Å². The van der Waals surface area contributed by atoms with E-state index in [1.54, 1.807) is 0 Å². The van der Waals surface area contributed by atoms with E-state index in [1.165, 1.54) is 6.07 Å². The summed E-state index contributed by atoms with van der Waals surface area (Å²) in [6.45, 7) is 0. The molecule has 1 aromatic carbocycles. The first kappa shape index (κ1) is 8.63. The minimum absolute atomic E-state index is 0.241. The summed E-state index contributed by atoms with van der Waals surface area (Å²) in [5.41, 5.74) is 0.474. The van der Waals surface area contributed by atoms with Gasteiger partial charge in [-0.05, 0) is 36.5 Å². The Bertz CT molecular complexity index is 321. The van der Waals surface area contributed by atoms with E-state index in [-0.39, 0.29) is 5.92 Å². The van der Waals surface area contributed by atoms with Crippen LogP contribution in [0.4, 0.5) is 8.78 Å². The summed E-state index contributed by atoms with van der Waals surface area (Å²) in [6, 6.07) is 3.55. The van der Waals surface area contributed by atoms with Crippen LogP contribution in [0.3, 0.4) is 0 Å². The molecule has 1 unspecified atom stereocenters. The number of rotatable bonds is 2. The molecular weight excluding hydrogens is 174 g/mol. The fourth-order valence-corrected chi connectivity index (χ4v) is 1.38. The van der Waals surface area contributed by atoms with E-state index in [0.29, 0.717) is 5.56 Å². The molecule has 1 nitrogen and oxygen atoms in total. The second kappa shape index (κ2) is 3.07. The average molecular weight is 184 g/mol. The molecule has 0 radical (unpaired) electrons. The molecule has 0 spiro atoms. The van der Waals surface area contributed by atoms with Crippen LogP contribution in [0.15, 0.2) is 18.2 Å². The van der Waals surface area contributed by atoms with Gasteiger partial charge in [-0.2, -0.15) is 0 Å². The van der Waals surface area contributed by atoms with Crippen molar-refractivity contribution in [3.05, 3.63) is 35.4 Å². The van der Waals surface area contributed by atoms with Crippen LogP contribution in [-0.4, -0.2) is 5.11 Å². The number of hydrogen-bond donors (Lipinski definition) is 1. The SMILES string of the molecule is OC(c1ccc(F)c(F)c1)C1CC1. The van der Waals surface area contributed by atoms with Gasteiger partial charge in [0, 0.05) is 0 Å². The molecule has 70 valence electrons. The average Bonchev–Trinajstić information content (AvgIpc) is 2.91. The van der Waals surface area contributed by atoms with Gasteiger partial charge in [0.15, 0.2) is 11.6 Å². The van der Waals surface area contributed by atoms with Gasteiger partial charge in [-0.25, -0.2) is 8.78 Å². The van der Waals surface area contributed by atoms with Crippen molar-refractivity contribution in [3.8, 4) is 0 Å². The summed E-state index contributed by atoms with van der Waals surface area (Å²) in [5.74, 6) is -1.52. The predicted molar refractivity (Wildman–Crippen MR) is 44.0 cm³/mol. The van der Waals surface area contributed by atoms with Crippen molar-refractivity contribution in [1.82, 2.24) is 0 Å². The Kier molecular flexibility index (Phi) is 2.04. The third kappa shape index (κ3) is 1.70. The Morgan fingerprint density at radius 1 is 1.23 bits per heavy atom. The van der Waals surface area contributed by atoms with E-state index in [4.69, 9.17) is 0 Å². The lowest BCUT2D eigenvalue weighted by Crippen LogP contribution is -2.00. The second-order valence-electron chi connectivity index (χ2n) is 3.46. The Balaban J connectivity index is 2.24. The van der Waals surface area contributed by atoms with Crippen LogP contribution in [-0.2, 0) is 0 Å². The lowest BCUT2D eigenvalue weighted by molar-refractivity contribution is 0.153. The zero-order valence-electron chi connectivity index (χ0n) is 7.00. The van der Waals surface area contributed by atoms with Crippen LogP contribution >= 0.6 is 0 Å². The molecule has 1 atom stereocenters. The molecule has 1 aliphatic rings. The maximum atomic E-state index is 12.7. The zero-order valence-corrected chi connectivity index (χ0v) is 7.00. The summed E-state index contributed by atoms with van der Waals surface area (Å²) in [6.07, 6.45) is 1.32. The number of hydrogen-bond acceptors (Lipinski definition) is 1. The van der Waals surface area contributed by atoms with Gasteiger partial charge in [0.2, 0.25) is 0 Å². The minimum Gasteiger partial charge on any atom is -0.388 e. The molecule has 0 amide bonds. The van der Waals surface area contributed by atoms with E-state index in [0.717, 1.165) is 25.0 Å². The molecule has 0 aliphatic heterocycles. The van der Waals surface area contributed by atoms with Gasteiger partial charge in [-0.3, -0.25) is 0 Å². The van der Waals surface area contributed by atoms with Gasteiger partial charge >= 0.3 is 0 Å². The van der Waals surface area contributed by atoms with E-state index in [2.05, 4.69) is 0 Å². The van der Waals surface area contributed by atoms with Gasteiger partial charge in [-0.1, -0.05) is 6.07 Å². The molecule has 1 fully saturated rings. The molecule has 1 N–H and O–H groups in total. The highest BCUT2D eigenvalue weighted by molar-refractivity contribution is 5.21. The van der Waals surface area contributed by atoms with Crippen molar-refractivity contribution in [1.29, 1.82) is 0 Å². The first-order valence-electron chi connectivity index (χ1n) is 4.31. The Hall–Kier alpha value is -0.960. The van der Waals surface area contributed by atoms with Crippen molar-refractivity contribution in [2.75, 3.05) is 0 Å². The predicted octanol–water partition coefficient (Wildman–Crippen LogP) is 2.41. The van der Waals surface area contributed by atoms with E-state index in [1.807, 2.05) is 0 Å². The highest BCUT2D eigenvalue weighted by Crippen LogP contribution is 2.40. The van der Waals surface area contributed by atoms with Crippen molar-refractivity contribution in [2.24, 2.45) is 5.92 Å². The molecule has 2 rings (SSSR count). The zero-order chi connectivity index (χ0) is 9.42. The van der Waals surface area contributed by atoms with Gasteiger partial charge in [0.25, 0.3) is 0 Å². The van der Waals surface area contributed by atoms with Crippen LogP contribution in [0.2, 0.25) is 0 Å². The number of halogens is 2. The summed E-state index contributed by atoms with van der Waals surface area (Å²) in [5, 5.41) is 9.59. The second-order valence-corrected chi connectivity index (χ2v) is 3.46. The van der Waals surface area contributed by atoms with Crippen LogP contribution in [0, 0.1) is 17.6 Å². The van der Waals surface area contributed by atoms with E-state index < -0.39 is 17.7 Å². The summed E-state index contributed by atoms with van der Waals surface area (Å²) in [7, 11) is 0. The van der Waals surface area contributed by atoms with E-state index in [9.17, 15) is 13.9 Å². The number of aliphatic hydroxyl groups is 1. The van der Waals surface area contributed by atoms with Gasteiger partial charge in [0.05, 0.1) is 6.10 Å². The fourth-order valence-electron chi connectivity index (χ4n) is 1.38. The first-order chi connectivity index (χ1) is 6.18. The Morgan fingerprint density at radius 2 is 1.92 bits per heavy atom. The molecule has 0 bridgehead atoms. The van der Waals surface area contributed by atoms with Crippen LogP contribution in [0.25, 0.3) is 0 Å². The third-order valence-corrected chi connectivity index (χ3v) is 2.35. The maximum absolute atomic E-state index is 12.7. The lowest BCUT2D eigenvalue weighted by Gasteiger charge is -2.09. The van der Waals surface area contributed by atoms with Gasteiger partial charge in [-0.15, -0.1) is 0 Å². The van der Waals surface area contributed by atoms with Gasteiger partial charge in [0.1, 0.15) is 0 Å². The topological polar surface area (TPSA) is 20.2 Å². The molecular formula is C10H10F2O. The van der Waals surface area contributed by atoms with Crippen molar-refractivity contribution in [2.45, 2.75) is 18.9 Å². The molecule has 3 heteroatoms. The monoisotopic (exact) mass is 184 g/mol. The summed E-state index contributed by atoms with van der Waals surface area (Å²) >= 11 is 0. The number of benzene rings is 1. The van der Waals surface area contributed by atoms with Crippen LogP contribution in [0.5, 0.6) is 0 Å². The normalized spacial score (nSPS) is 18.7. The van der Waals surface area contributed by atoms with Crippen molar-refractivity contribution < 1.29 is 13.9 Å². The largest absolute Gasteiger partial charge is 0.388 e. The van der Waals surface area contributed by atoms with Crippen molar-refractivity contribution >= 4 is 0 Å². The molecule has 1 aliphatic carbocycles. The van der Waals surface area contributed by atoms with Gasteiger partial charge < -0.3 is 5.11 Å². The smallest absolute Gasteiger partial charge is 0.159 e. The molecule has 13 heavy (non-hydrogen) atoms. The molecule has 0 saturated heterocycles. The molecule has 0 heterocycles. The molecule has 0 aromatic heterocycles. The standard InChI is InChI=1S/C10H10F2O/c11-8-4-3-7(5-9(8)12)10(13)6-1-2-6/h3-6,10,13H,1-2H2. The lowest BCUT2D eigenvalue weighted by atomic mass is 10.1. The summed E-state index contributed by atoms with van der Waals surface area (Å²) < 4.78 is 25.3. The van der Waals surface area contributed by atoms with Crippen molar-refractivity contribution in [3.63, 3.8) is 0 Å². The third-order valence-electron chi connectivity index (χ3n) is 2.35. The Morgan fingerprint density at radius 3 is 2.46 bits per heavy atom. The Labute approximate surface area is 75.0 Å². The quantitative estimate of drug-likeness (QED) is 0.748. The highest BCUT2D eigenvalue weighted by atomic mass is 19.2. The maximum Gasteiger partial charge on any atom is 0.159 e. The highest BCUT2D eigenvalue weighted by Gasteiger charge is 2.31. The summed E-state index contributed by atoms with van der Waals surface area (Å²) in [4.78, 5) is 0. The number of aliphatic hydroxyl groups excluding tert-OH is 1. The fraction of sp³-hybridized carbons (Fsp3) is 0.400. The minimum atomic E-state index is -0.891. The molecule has 1 aromatic rings. The van der Waals surface area contributed by atoms with Crippen LogP contribution in [0.1, 0.15) is 24.5 Å².